The molecule has 0 spiro atoms. The topological polar surface area (TPSA) is 71.8 Å². The van der Waals surface area contributed by atoms with E-state index in [9.17, 15) is 4.79 Å². The number of carbonyl (C=O) groups excluding carboxylic acids is 1. The Morgan fingerprint density at radius 2 is 2.26 bits per heavy atom. The molecule has 0 radical (unpaired) electrons. The molecule has 0 aromatic carbocycles. The standard InChI is InChI=1S/C16H21N5O2/c1-10-4-17-15-14(5-18-21(15)6-10)16(22)19-12-3-13-9-23-11(2)7-20(13)8-12/h4-6,11-13H,3,7-9H2,1-2H3,(H,19,22)/t11-,12-,13+/m1/s1. The number of aryl methyl sites for hydroxylation is 1. The first-order chi connectivity index (χ1) is 11.1. The molecule has 1 N–H and O–H groups in total. The number of fused-ring (bicyclic) bond motifs is 2. The van der Waals surface area contributed by atoms with Gasteiger partial charge >= 0.3 is 0 Å². The summed E-state index contributed by atoms with van der Waals surface area (Å²) in [6.45, 7) is 6.62. The molecule has 7 nitrogen and oxygen atoms in total. The lowest BCUT2D eigenvalue weighted by molar-refractivity contribution is -0.0390. The molecular formula is C16H21N5O2. The number of aromatic nitrogens is 3. The average molecular weight is 315 g/mol. The number of hydrogen-bond acceptors (Lipinski definition) is 5. The van der Waals surface area contributed by atoms with Crippen LogP contribution in [0, 0.1) is 6.92 Å². The van der Waals surface area contributed by atoms with E-state index in [-0.39, 0.29) is 18.1 Å². The van der Waals surface area contributed by atoms with Crippen LogP contribution < -0.4 is 5.32 Å². The Kier molecular flexibility index (Phi) is 3.54. The van der Waals surface area contributed by atoms with Crippen molar-refractivity contribution in [2.75, 3.05) is 19.7 Å². The van der Waals surface area contributed by atoms with Gasteiger partial charge in [-0.1, -0.05) is 0 Å². The molecule has 122 valence electrons. The SMILES string of the molecule is Cc1cnc2c(C(=O)N[C@@H]3C[C@H]4CO[C@H](C)CN4C3)cnn2c1. The highest BCUT2D eigenvalue weighted by molar-refractivity contribution is 5.99. The van der Waals surface area contributed by atoms with Crippen LogP contribution in [-0.4, -0.2) is 63.3 Å². The smallest absolute Gasteiger partial charge is 0.257 e. The van der Waals surface area contributed by atoms with Crippen LogP contribution in [0.2, 0.25) is 0 Å². The summed E-state index contributed by atoms with van der Waals surface area (Å²) in [5.74, 6) is -0.102. The number of ether oxygens (including phenoxy) is 1. The molecule has 0 saturated carbocycles. The minimum Gasteiger partial charge on any atom is -0.376 e. The lowest BCUT2D eigenvalue weighted by Crippen LogP contribution is -2.45. The largest absolute Gasteiger partial charge is 0.376 e. The van der Waals surface area contributed by atoms with Gasteiger partial charge in [0.25, 0.3) is 5.91 Å². The molecule has 4 heterocycles. The molecule has 2 aromatic rings. The Balaban J connectivity index is 1.47. The average Bonchev–Trinajstić information content (AvgIpc) is 3.09. The molecule has 0 aliphatic carbocycles. The highest BCUT2D eigenvalue weighted by atomic mass is 16.5. The summed E-state index contributed by atoms with van der Waals surface area (Å²) < 4.78 is 7.36. The van der Waals surface area contributed by atoms with E-state index in [0.717, 1.165) is 31.7 Å². The van der Waals surface area contributed by atoms with Gasteiger partial charge in [-0.15, -0.1) is 0 Å². The lowest BCUT2D eigenvalue weighted by atomic mass is 10.1. The van der Waals surface area contributed by atoms with E-state index in [1.54, 1.807) is 16.9 Å². The number of carbonyl (C=O) groups is 1. The molecule has 2 aliphatic heterocycles. The van der Waals surface area contributed by atoms with Gasteiger partial charge in [0.05, 0.1) is 18.9 Å². The normalized spacial score (nSPS) is 28.0. The van der Waals surface area contributed by atoms with Crippen LogP contribution in [-0.2, 0) is 4.74 Å². The van der Waals surface area contributed by atoms with Gasteiger partial charge in [0.2, 0.25) is 0 Å². The van der Waals surface area contributed by atoms with Gasteiger partial charge in [0.15, 0.2) is 5.65 Å². The number of morpholine rings is 1. The molecule has 2 aliphatic rings. The van der Waals surface area contributed by atoms with Gasteiger partial charge in [-0.3, -0.25) is 9.69 Å². The number of amides is 1. The molecule has 2 fully saturated rings. The van der Waals surface area contributed by atoms with E-state index >= 15 is 0 Å². The van der Waals surface area contributed by atoms with Gasteiger partial charge in [-0.05, 0) is 25.8 Å². The van der Waals surface area contributed by atoms with Crippen molar-refractivity contribution in [3.05, 3.63) is 29.7 Å². The van der Waals surface area contributed by atoms with Crippen molar-refractivity contribution >= 4 is 11.6 Å². The van der Waals surface area contributed by atoms with E-state index in [4.69, 9.17) is 4.74 Å². The van der Waals surface area contributed by atoms with Gasteiger partial charge in [0.1, 0.15) is 5.56 Å². The Hall–Kier alpha value is -1.99. The monoisotopic (exact) mass is 315 g/mol. The van der Waals surface area contributed by atoms with Crippen LogP contribution in [0.15, 0.2) is 18.6 Å². The number of hydrogen-bond donors (Lipinski definition) is 1. The maximum Gasteiger partial charge on any atom is 0.257 e. The van der Waals surface area contributed by atoms with Crippen LogP contribution >= 0.6 is 0 Å². The summed E-state index contributed by atoms with van der Waals surface area (Å²) in [6, 6.07) is 0.572. The molecule has 0 bridgehead atoms. The summed E-state index contributed by atoms with van der Waals surface area (Å²) in [4.78, 5) is 19.3. The van der Waals surface area contributed by atoms with Gasteiger partial charge in [-0.25, -0.2) is 9.50 Å². The van der Waals surface area contributed by atoms with Crippen molar-refractivity contribution in [2.45, 2.75) is 38.5 Å². The number of nitrogens with zero attached hydrogens (tertiary/aromatic N) is 4. The summed E-state index contributed by atoms with van der Waals surface area (Å²) in [6.07, 6.45) is 6.41. The molecule has 3 atom stereocenters. The van der Waals surface area contributed by atoms with Crippen molar-refractivity contribution in [3.63, 3.8) is 0 Å². The molecule has 0 unspecified atom stereocenters. The fourth-order valence-corrected chi connectivity index (χ4v) is 3.54. The first-order valence-electron chi connectivity index (χ1n) is 8.06. The maximum atomic E-state index is 12.6. The zero-order valence-corrected chi connectivity index (χ0v) is 13.4. The van der Waals surface area contributed by atoms with E-state index < -0.39 is 0 Å². The quantitative estimate of drug-likeness (QED) is 0.880. The molecule has 2 saturated heterocycles. The van der Waals surface area contributed by atoms with E-state index in [1.165, 1.54) is 0 Å². The third kappa shape index (κ3) is 2.70. The number of nitrogens with one attached hydrogen (secondary N) is 1. The predicted molar refractivity (Wildman–Crippen MR) is 84.4 cm³/mol. The van der Waals surface area contributed by atoms with Crippen molar-refractivity contribution in [2.24, 2.45) is 0 Å². The van der Waals surface area contributed by atoms with Gasteiger partial charge in [0, 0.05) is 37.6 Å². The summed E-state index contributed by atoms with van der Waals surface area (Å²) >= 11 is 0. The third-order valence-electron chi connectivity index (χ3n) is 4.66. The first-order valence-corrected chi connectivity index (χ1v) is 8.06. The molecular weight excluding hydrogens is 294 g/mol. The molecule has 23 heavy (non-hydrogen) atoms. The van der Waals surface area contributed by atoms with Crippen molar-refractivity contribution in [1.82, 2.24) is 24.8 Å². The minimum atomic E-state index is -0.102. The summed E-state index contributed by atoms with van der Waals surface area (Å²) in [5.41, 5.74) is 2.13. The van der Waals surface area contributed by atoms with Crippen molar-refractivity contribution in [1.29, 1.82) is 0 Å². The van der Waals surface area contributed by atoms with Crippen LogP contribution in [0.25, 0.3) is 5.65 Å². The molecule has 2 aromatic heterocycles. The second-order valence-corrected chi connectivity index (χ2v) is 6.62. The van der Waals surface area contributed by atoms with E-state index in [2.05, 4.69) is 27.2 Å². The summed E-state index contributed by atoms with van der Waals surface area (Å²) in [5, 5.41) is 7.35. The highest BCUT2D eigenvalue weighted by Gasteiger charge is 2.37. The summed E-state index contributed by atoms with van der Waals surface area (Å²) in [7, 11) is 0. The van der Waals surface area contributed by atoms with Crippen LogP contribution in [0.3, 0.4) is 0 Å². The fourth-order valence-electron chi connectivity index (χ4n) is 3.54. The molecule has 7 heteroatoms. The fraction of sp³-hybridized carbons (Fsp3) is 0.562. The zero-order valence-electron chi connectivity index (χ0n) is 13.4. The Bertz CT molecular complexity index is 743. The van der Waals surface area contributed by atoms with E-state index in [1.807, 2.05) is 13.1 Å². The number of rotatable bonds is 2. The highest BCUT2D eigenvalue weighted by Crippen LogP contribution is 2.23. The van der Waals surface area contributed by atoms with Crippen LogP contribution in [0.1, 0.15) is 29.3 Å². The van der Waals surface area contributed by atoms with Crippen molar-refractivity contribution in [3.8, 4) is 0 Å². The van der Waals surface area contributed by atoms with Crippen molar-refractivity contribution < 1.29 is 9.53 Å². The zero-order chi connectivity index (χ0) is 16.0. The second kappa shape index (κ2) is 5.58. The minimum absolute atomic E-state index is 0.102. The Morgan fingerprint density at radius 1 is 1.39 bits per heavy atom. The predicted octanol–water partition coefficient (Wildman–Crippen LogP) is 0.629. The maximum absolute atomic E-state index is 12.6. The molecule has 1 amide bonds. The second-order valence-electron chi connectivity index (χ2n) is 6.62. The van der Waals surface area contributed by atoms with Gasteiger partial charge in [-0.2, -0.15) is 5.10 Å². The van der Waals surface area contributed by atoms with E-state index in [0.29, 0.717) is 17.3 Å². The third-order valence-corrected chi connectivity index (χ3v) is 4.66. The Labute approximate surface area is 134 Å². The van der Waals surface area contributed by atoms with Gasteiger partial charge < -0.3 is 10.1 Å². The first kappa shape index (κ1) is 14.6. The lowest BCUT2D eigenvalue weighted by Gasteiger charge is -2.33. The molecule has 4 rings (SSSR count). The van der Waals surface area contributed by atoms with Crippen LogP contribution in [0.4, 0.5) is 0 Å². The van der Waals surface area contributed by atoms with Crippen LogP contribution in [0.5, 0.6) is 0 Å². The Morgan fingerprint density at radius 3 is 3.13 bits per heavy atom.